The highest BCUT2D eigenvalue weighted by molar-refractivity contribution is 5.90. The van der Waals surface area contributed by atoms with E-state index in [1.54, 1.807) is 6.20 Å². The van der Waals surface area contributed by atoms with Crippen LogP contribution in [0, 0.1) is 0 Å². The van der Waals surface area contributed by atoms with Crippen LogP contribution in [0.2, 0.25) is 0 Å². The van der Waals surface area contributed by atoms with Gasteiger partial charge >= 0.3 is 5.97 Å². The molecule has 0 aromatic carbocycles. The summed E-state index contributed by atoms with van der Waals surface area (Å²) in [7, 11) is 0. The van der Waals surface area contributed by atoms with Gasteiger partial charge in [0.2, 0.25) is 0 Å². The summed E-state index contributed by atoms with van der Waals surface area (Å²) in [5.41, 5.74) is 1.44. The predicted octanol–water partition coefficient (Wildman–Crippen LogP) is 2.42. The zero-order chi connectivity index (χ0) is 13.9. The SMILES string of the molecule is CCOC(=O)c1cnc(C2CCOCC2)nc1C1CC1. The molecule has 1 aliphatic carbocycles. The lowest BCUT2D eigenvalue weighted by atomic mass is 9.99. The Morgan fingerprint density at radius 3 is 2.70 bits per heavy atom. The molecule has 1 saturated carbocycles. The summed E-state index contributed by atoms with van der Waals surface area (Å²) in [6.45, 7) is 3.73. The molecule has 1 aromatic heterocycles. The van der Waals surface area contributed by atoms with Crippen molar-refractivity contribution in [3.63, 3.8) is 0 Å². The summed E-state index contributed by atoms with van der Waals surface area (Å²) in [6, 6.07) is 0. The van der Waals surface area contributed by atoms with Crippen LogP contribution in [0.5, 0.6) is 0 Å². The Bertz CT molecular complexity index is 494. The molecule has 0 bridgehead atoms. The minimum Gasteiger partial charge on any atom is -0.462 e. The first-order valence-corrected chi connectivity index (χ1v) is 7.41. The molecular weight excluding hydrogens is 256 g/mol. The van der Waals surface area contributed by atoms with Crippen LogP contribution in [0.3, 0.4) is 0 Å². The van der Waals surface area contributed by atoms with Crippen LogP contribution in [0.4, 0.5) is 0 Å². The highest BCUT2D eigenvalue weighted by Gasteiger charge is 2.32. The number of ether oxygens (including phenoxy) is 2. The summed E-state index contributed by atoms with van der Waals surface area (Å²) in [5, 5.41) is 0. The minimum absolute atomic E-state index is 0.298. The van der Waals surface area contributed by atoms with Crippen molar-refractivity contribution in [3.8, 4) is 0 Å². The third-order valence-corrected chi connectivity index (χ3v) is 3.88. The molecule has 0 amide bonds. The Morgan fingerprint density at radius 2 is 2.05 bits per heavy atom. The molecule has 1 aromatic rings. The Balaban J connectivity index is 1.87. The quantitative estimate of drug-likeness (QED) is 0.790. The monoisotopic (exact) mass is 276 g/mol. The second-order valence-electron chi connectivity index (χ2n) is 5.41. The maximum absolute atomic E-state index is 12.0. The van der Waals surface area contributed by atoms with Crippen molar-refractivity contribution in [2.24, 2.45) is 0 Å². The third kappa shape index (κ3) is 2.82. The Labute approximate surface area is 118 Å². The maximum Gasteiger partial charge on any atom is 0.341 e. The van der Waals surface area contributed by atoms with E-state index in [1.807, 2.05) is 6.92 Å². The van der Waals surface area contributed by atoms with Gasteiger partial charge in [-0.25, -0.2) is 14.8 Å². The van der Waals surface area contributed by atoms with Crippen LogP contribution >= 0.6 is 0 Å². The van der Waals surface area contributed by atoms with Crippen LogP contribution in [0.15, 0.2) is 6.20 Å². The molecule has 5 nitrogen and oxygen atoms in total. The van der Waals surface area contributed by atoms with E-state index in [1.165, 1.54) is 0 Å². The van der Waals surface area contributed by atoms with E-state index >= 15 is 0 Å². The van der Waals surface area contributed by atoms with Gasteiger partial charge in [0.15, 0.2) is 0 Å². The fourth-order valence-electron chi connectivity index (χ4n) is 2.60. The van der Waals surface area contributed by atoms with E-state index in [0.29, 0.717) is 24.0 Å². The van der Waals surface area contributed by atoms with Crippen molar-refractivity contribution >= 4 is 5.97 Å². The van der Waals surface area contributed by atoms with Crippen LogP contribution in [0.1, 0.15) is 66.3 Å². The molecule has 2 heterocycles. The summed E-state index contributed by atoms with van der Waals surface area (Å²) in [5.74, 6) is 1.34. The topological polar surface area (TPSA) is 61.3 Å². The van der Waals surface area contributed by atoms with Gasteiger partial charge in [-0.05, 0) is 32.6 Å². The molecule has 0 unspecified atom stereocenters. The fourth-order valence-corrected chi connectivity index (χ4v) is 2.60. The second-order valence-corrected chi connectivity index (χ2v) is 5.41. The molecule has 0 N–H and O–H groups in total. The third-order valence-electron chi connectivity index (χ3n) is 3.88. The van der Waals surface area contributed by atoms with Crippen LogP contribution in [0.25, 0.3) is 0 Å². The van der Waals surface area contributed by atoms with E-state index in [-0.39, 0.29) is 5.97 Å². The molecule has 1 aliphatic heterocycles. The number of carbonyl (C=O) groups excluding carboxylic acids is 1. The van der Waals surface area contributed by atoms with Crippen molar-refractivity contribution in [1.29, 1.82) is 0 Å². The molecule has 3 rings (SSSR count). The van der Waals surface area contributed by atoms with E-state index in [0.717, 1.165) is 50.4 Å². The first-order valence-electron chi connectivity index (χ1n) is 7.41. The lowest BCUT2D eigenvalue weighted by Gasteiger charge is -2.21. The van der Waals surface area contributed by atoms with Gasteiger partial charge in [0.1, 0.15) is 5.82 Å². The molecule has 0 spiro atoms. The Kier molecular flexibility index (Phi) is 3.96. The zero-order valence-electron chi connectivity index (χ0n) is 11.8. The number of esters is 1. The zero-order valence-corrected chi connectivity index (χ0v) is 11.8. The average molecular weight is 276 g/mol. The summed E-state index contributed by atoms with van der Waals surface area (Å²) >= 11 is 0. The standard InChI is InChI=1S/C15H20N2O3/c1-2-20-15(18)12-9-16-14(11-5-7-19-8-6-11)17-13(12)10-3-4-10/h9-11H,2-8H2,1H3. The number of hydrogen-bond donors (Lipinski definition) is 0. The van der Waals surface area contributed by atoms with Gasteiger partial charge < -0.3 is 9.47 Å². The number of carbonyl (C=O) groups is 1. The van der Waals surface area contributed by atoms with E-state index in [4.69, 9.17) is 14.5 Å². The average Bonchev–Trinajstić information content (AvgIpc) is 3.32. The first-order chi connectivity index (χ1) is 9.79. The lowest BCUT2D eigenvalue weighted by Crippen LogP contribution is -2.18. The lowest BCUT2D eigenvalue weighted by molar-refractivity contribution is 0.0523. The molecular formula is C15H20N2O3. The number of nitrogens with zero attached hydrogens (tertiary/aromatic N) is 2. The molecule has 5 heteroatoms. The summed E-state index contributed by atoms with van der Waals surface area (Å²) in [4.78, 5) is 21.1. The fraction of sp³-hybridized carbons (Fsp3) is 0.667. The Morgan fingerprint density at radius 1 is 1.30 bits per heavy atom. The van der Waals surface area contributed by atoms with Crippen LogP contribution < -0.4 is 0 Å². The van der Waals surface area contributed by atoms with Gasteiger partial charge in [0.05, 0.1) is 17.9 Å². The molecule has 0 atom stereocenters. The molecule has 20 heavy (non-hydrogen) atoms. The Hall–Kier alpha value is -1.49. The molecule has 2 aliphatic rings. The van der Waals surface area contributed by atoms with Gasteiger partial charge in [0.25, 0.3) is 0 Å². The van der Waals surface area contributed by atoms with Gasteiger partial charge in [0, 0.05) is 31.2 Å². The normalized spacial score (nSPS) is 19.9. The van der Waals surface area contributed by atoms with E-state index in [2.05, 4.69) is 4.98 Å². The maximum atomic E-state index is 12.0. The summed E-state index contributed by atoms with van der Waals surface area (Å²) < 4.78 is 10.5. The first kappa shape index (κ1) is 13.5. The van der Waals surface area contributed by atoms with Gasteiger partial charge in [-0.1, -0.05) is 0 Å². The van der Waals surface area contributed by atoms with Crippen LogP contribution in [-0.2, 0) is 9.47 Å². The molecule has 2 fully saturated rings. The van der Waals surface area contributed by atoms with Crippen molar-refractivity contribution in [2.75, 3.05) is 19.8 Å². The van der Waals surface area contributed by atoms with Crippen molar-refractivity contribution in [2.45, 2.75) is 44.4 Å². The van der Waals surface area contributed by atoms with Crippen LogP contribution in [-0.4, -0.2) is 35.8 Å². The number of aromatic nitrogens is 2. The van der Waals surface area contributed by atoms with Gasteiger partial charge in [-0.15, -0.1) is 0 Å². The summed E-state index contributed by atoms with van der Waals surface area (Å²) in [6.07, 6.45) is 5.79. The molecule has 0 radical (unpaired) electrons. The predicted molar refractivity (Wildman–Crippen MR) is 72.8 cm³/mol. The van der Waals surface area contributed by atoms with Crippen molar-refractivity contribution in [1.82, 2.24) is 9.97 Å². The highest BCUT2D eigenvalue weighted by Crippen LogP contribution is 2.41. The van der Waals surface area contributed by atoms with Gasteiger partial charge in [-0.3, -0.25) is 0 Å². The van der Waals surface area contributed by atoms with Gasteiger partial charge in [-0.2, -0.15) is 0 Å². The highest BCUT2D eigenvalue weighted by atomic mass is 16.5. The molecule has 1 saturated heterocycles. The molecule has 108 valence electrons. The van der Waals surface area contributed by atoms with Crippen molar-refractivity contribution < 1.29 is 14.3 Å². The number of rotatable bonds is 4. The smallest absolute Gasteiger partial charge is 0.341 e. The van der Waals surface area contributed by atoms with E-state index < -0.39 is 0 Å². The van der Waals surface area contributed by atoms with Crippen molar-refractivity contribution in [3.05, 3.63) is 23.3 Å². The second kappa shape index (κ2) is 5.87. The largest absolute Gasteiger partial charge is 0.462 e. The number of hydrogen-bond acceptors (Lipinski definition) is 5. The van der Waals surface area contributed by atoms with E-state index in [9.17, 15) is 4.79 Å². The minimum atomic E-state index is -0.298.